The number of rotatable bonds is 2. The molecule has 0 bridgehead atoms. The normalized spacial score (nSPS) is 11.8. The Morgan fingerprint density at radius 3 is 2.38 bits per heavy atom. The zero-order valence-electron chi connectivity index (χ0n) is 12.9. The number of aromatic nitrogens is 2. The first-order valence-corrected chi connectivity index (χ1v) is 8.60. The van der Waals surface area contributed by atoms with Crippen LogP contribution in [0.15, 0.2) is 63.8 Å². The minimum absolute atomic E-state index is 0.0246. The van der Waals surface area contributed by atoms with Crippen molar-refractivity contribution < 1.29 is 9.15 Å². The lowest BCUT2D eigenvalue weighted by atomic mass is 10.2. The zero-order chi connectivity index (χ0) is 18.3. The molecule has 0 fully saturated rings. The number of nitrogens with zero attached hydrogens (tertiary/aromatic N) is 2. The summed E-state index contributed by atoms with van der Waals surface area (Å²) in [4.78, 5) is 20.3. The van der Waals surface area contributed by atoms with E-state index < -0.39 is 9.42 Å². The topological polar surface area (TPSA) is 65.2 Å². The van der Waals surface area contributed by atoms with Crippen LogP contribution in [0, 0.1) is 0 Å². The molecule has 0 aliphatic rings. The maximum atomic E-state index is 11.8. The van der Waals surface area contributed by atoms with Crippen LogP contribution in [-0.2, 0) is 3.79 Å². The van der Waals surface area contributed by atoms with Crippen molar-refractivity contribution in [2.45, 2.75) is 3.79 Å². The molecule has 2 aromatic carbocycles. The van der Waals surface area contributed by atoms with Crippen LogP contribution in [0.5, 0.6) is 11.6 Å². The fourth-order valence-corrected chi connectivity index (χ4v) is 2.78. The summed E-state index contributed by atoms with van der Waals surface area (Å²) in [6.45, 7) is 0. The van der Waals surface area contributed by atoms with Crippen LogP contribution in [-0.4, -0.2) is 9.97 Å². The van der Waals surface area contributed by atoms with E-state index in [-0.39, 0.29) is 17.5 Å². The number of hydrogen-bond acceptors (Lipinski definition) is 5. The third-order valence-corrected chi connectivity index (χ3v) is 4.15. The first-order valence-electron chi connectivity index (χ1n) is 7.46. The molecule has 0 atom stereocenters. The second-order valence-electron chi connectivity index (χ2n) is 5.40. The Morgan fingerprint density at radius 1 is 0.923 bits per heavy atom. The van der Waals surface area contributed by atoms with Gasteiger partial charge >= 0.3 is 5.63 Å². The SMILES string of the molecule is O=c1cc(Oc2nc(C(Cl)(Cl)Cl)nc3ccccc23)c2ccccc2o1. The highest BCUT2D eigenvalue weighted by Gasteiger charge is 2.28. The predicted octanol–water partition coefficient (Wildman–Crippen LogP) is 5.36. The Morgan fingerprint density at radius 2 is 1.62 bits per heavy atom. The zero-order valence-corrected chi connectivity index (χ0v) is 15.2. The van der Waals surface area contributed by atoms with Gasteiger partial charge in [-0.3, -0.25) is 0 Å². The van der Waals surface area contributed by atoms with Crippen LogP contribution in [0.4, 0.5) is 0 Å². The molecule has 8 heteroatoms. The average molecular weight is 408 g/mol. The molecule has 0 N–H and O–H groups in total. The highest BCUT2D eigenvalue weighted by molar-refractivity contribution is 6.66. The molecule has 0 amide bonds. The number of hydrogen-bond donors (Lipinski definition) is 0. The Balaban J connectivity index is 1.94. The van der Waals surface area contributed by atoms with Crippen molar-refractivity contribution in [3.63, 3.8) is 0 Å². The van der Waals surface area contributed by atoms with E-state index >= 15 is 0 Å². The number of fused-ring (bicyclic) bond motifs is 2. The molecule has 26 heavy (non-hydrogen) atoms. The van der Waals surface area contributed by atoms with E-state index in [1.807, 2.05) is 6.07 Å². The second-order valence-corrected chi connectivity index (χ2v) is 7.68. The lowest BCUT2D eigenvalue weighted by molar-refractivity contribution is 0.460. The van der Waals surface area contributed by atoms with Crippen LogP contribution < -0.4 is 10.4 Å². The highest BCUT2D eigenvalue weighted by Crippen LogP contribution is 2.39. The molecular weight excluding hydrogens is 399 g/mol. The van der Waals surface area contributed by atoms with E-state index in [4.69, 9.17) is 44.0 Å². The largest absolute Gasteiger partial charge is 0.437 e. The van der Waals surface area contributed by atoms with Crippen molar-refractivity contribution in [1.29, 1.82) is 0 Å². The van der Waals surface area contributed by atoms with Crippen LogP contribution in [0.25, 0.3) is 21.9 Å². The van der Waals surface area contributed by atoms with Crippen LogP contribution >= 0.6 is 34.8 Å². The molecule has 4 rings (SSSR count). The number of halogens is 3. The molecule has 0 unspecified atom stereocenters. The van der Waals surface area contributed by atoms with E-state index in [1.54, 1.807) is 42.5 Å². The molecule has 130 valence electrons. The quantitative estimate of drug-likeness (QED) is 0.331. The summed E-state index contributed by atoms with van der Waals surface area (Å²) in [5.74, 6) is 0.437. The molecule has 0 saturated carbocycles. The van der Waals surface area contributed by atoms with E-state index in [0.717, 1.165) is 0 Å². The fraction of sp³-hybridized carbons (Fsp3) is 0.0556. The molecule has 5 nitrogen and oxygen atoms in total. The third-order valence-electron chi connectivity index (χ3n) is 3.64. The Bertz CT molecular complexity index is 1190. The smallest absolute Gasteiger partial charge is 0.339 e. The molecule has 0 aliphatic heterocycles. The first-order chi connectivity index (χ1) is 12.4. The van der Waals surface area contributed by atoms with Gasteiger partial charge in [0.25, 0.3) is 0 Å². The summed E-state index contributed by atoms with van der Waals surface area (Å²) in [5, 5.41) is 1.23. The Kier molecular flexibility index (Phi) is 4.23. The van der Waals surface area contributed by atoms with Crippen molar-refractivity contribution in [2.75, 3.05) is 0 Å². The maximum absolute atomic E-state index is 11.8. The lowest BCUT2D eigenvalue weighted by Gasteiger charge is -2.14. The number of ether oxygens (including phenoxy) is 1. The maximum Gasteiger partial charge on any atom is 0.339 e. The van der Waals surface area contributed by atoms with Crippen molar-refractivity contribution >= 4 is 56.7 Å². The first kappa shape index (κ1) is 17.1. The Hall–Kier alpha value is -2.34. The summed E-state index contributed by atoms with van der Waals surface area (Å²) in [6, 6.07) is 15.4. The monoisotopic (exact) mass is 406 g/mol. The van der Waals surface area contributed by atoms with Gasteiger partial charge in [-0.2, -0.15) is 4.98 Å². The molecule has 0 aliphatic carbocycles. The van der Waals surface area contributed by atoms with Crippen molar-refractivity contribution in [3.8, 4) is 11.6 Å². The van der Waals surface area contributed by atoms with Gasteiger partial charge < -0.3 is 9.15 Å². The van der Waals surface area contributed by atoms with Gasteiger partial charge in [0.05, 0.1) is 22.4 Å². The number of para-hydroxylation sites is 2. The van der Waals surface area contributed by atoms with Gasteiger partial charge in [0, 0.05) is 0 Å². The summed E-state index contributed by atoms with van der Waals surface area (Å²) in [7, 11) is 0. The highest BCUT2D eigenvalue weighted by atomic mass is 35.6. The van der Waals surface area contributed by atoms with Gasteiger partial charge in [-0.05, 0) is 24.3 Å². The summed E-state index contributed by atoms with van der Waals surface area (Å²) >= 11 is 17.8. The molecule has 0 radical (unpaired) electrons. The fourth-order valence-electron chi connectivity index (χ4n) is 2.52. The van der Waals surface area contributed by atoms with Crippen LogP contribution in [0.2, 0.25) is 0 Å². The van der Waals surface area contributed by atoms with Crippen molar-refractivity contribution in [3.05, 3.63) is 70.8 Å². The van der Waals surface area contributed by atoms with Gasteiger partial charge in [-0.15, -0.1) is 0 Å². The van der Waals surface area contributed by atoms with Crippen LogP contribution in [0.1, 0.15) is 5.82 Å². The summed E-state index contributed by atoms with van der Waals surface area (Å²) < 4.78 is 9.29. The molecule has 4 aromatic rings. The molecule has 0 saturated heterocycles. The molecule has 0 spiro atoms. The molecular formula is C18H9Cl3N2O3. The van der Waals surface area contributed by atoms with E-state index in [1.165, 1.54) is 6.07 Å². The summed E-state index contributed by atoms with van der Waals surface area (Å²) in [6.07, 6.45) is 0. The van der Waals surface area contributed by atoms with Gasteiger partial charge in [0.2, 0.25) is 9.67 Å². The van der Waals surface area contributed by atoms with Crippen molar-refractivity contribution in [1.82, 2.24) is 9.97 Å². The standard InChI is InChI=1S/C18H9Cl3N2O3/c19-18(20,21)17-22-12-7-3-1-5-10(12)16(23-17)26-14-9-15(24)25-13-8-4-2-6-11(13)14/h1-9H. The lowest BCUT2D eigenvalue weighted by Crippen LogP contribution is -2.09. The van der Waals surface area contributed by atoms with E-state index in [9.17, 15) is 4.79 Å². The van der Waals surface area contributed by atoms with Gasteiger partial charge in [0.15, 0.2) is 5.82 Å². The number of benzene rings is 2. The molecule has 2 heterocycles. The van der Waals surface area contributed by atoms with Gasteiger partial charge in [0.1, 0.15) is 11.3 Å². The third kappa shape index (κ3) is 3.21. The number of alkyl halides is 3. The van der Waals surface area contributed by atoms with E-state index in [0.29, 0.717) is 21.9 Å². The summed E-state index contributed by atoms with van der Waals surface area (Å²) in [5.41, 5.74) is 0.403. The minimum Gasteiger partial charge on any atom is -0.437 e. The predicted molar refractivity (Wildman–Crippen MR) is 101 cm³/mol. The van der Waals surface area contributed by atoms with Gasteiger partial charge in [-0.1, -0.05) is 59.1 Å². The average Bonchev–Trinajstić information content (AvgIpc) is 2.60. The van der Waals surface area contributed by atoms with E-state index in [2.05, 4.69) is 9.97 Å². The molecule has 2 aromatic heterocycles. The van der Waals surface area contributed by atoms with Gasteiger partial charge in [-0.25, -0.2) is 9.78 Å². The van der Waals surface area contributed by atoms with Crippen LogP contribution in [0.3, 0.4) is 0 Å². The minimum atomic E-state index is -1.82. The second kappa shape index (κ2) is 6.43. The Labute approximate surface area is 162 Å². The van der Waals surface area contributed by atoms with Crippen molar-refractivity contribution in [2.24, 2.45) is 0 Å².